The van der Waals surface area contributed by atoms with Gasteiger partial charge < -0.3 is 4.90 Å². The molecule has 1 saturated heterocycles. The molecule has 0 atom stereocenters. The molecular formula is C26H27N3O. The summed E-state index contributed by atoms with van der Waals surface area (Å²) in [6, 6.07) is 27.3. The summed E-state index contributed by atoms with van der Waals surface area (Å²) in [5, 5.41) is 0. The zero-order chi connectivity index (χ0) is 20.3. The molecule has 3 aromatic rings. The Kier molecular flexibility index (Phi) is 5.24. The van der Waals surface area contributed by atoms with Crippen molar-refractivity contribution >= 4 is 17.4 Å². The maximum atomic E-state index is 13.7. The molecule has 0 bridgehead atoms. The second kappa shape index (κ2) is 8.33. The minimum Gasteiger partial charge on any atom is -0.321 e. The van der Waals surface area contributed by atoms with Crippen LogP contribution in [0.5, 0.6) is 0 Å². The molecule has 0 spiro atoms. The maximum Gasteiger partial charge on any atom is 0.329 e. The highest BCUT2D eigenvalue weighted by atomic mass is 16.2. The van der Waals surface area contributed by atoms with Gasteiger partial charge in [-0.25, -0.2) is 4.79 Å². The molecule has 2 aliphatic rings. The van der Waals surface area contributed by atoms with Crippen LogP contribution in [0.2, 0.25) is 0 Å². The van der Waals surface area contributed by atoms with Crippen LogP contribution in [-0.2, 0) is 19.4 Å². The predicted octanol–water partition coefficient (Wildman–Crippen LogP) is 4.86. The van der Waals surface area contributed by atoms with Gasteiger partial charge in [0.05, 0.1) is 11.4 Å². The lowest BCUT2D eigenvalue weighted by atomic mass is 10.0. The smallest absolute Gasteiger partial charge is 0.321 e. The van der Waals surface area contributed by atoms with Gasteiger partial charge in [-0.1, -0.05) is 66.7 Å². The zero-order valence-corrected chi connectivity index (χ0v) is 17.2. The highest BCUT2D eigenvalue weighted by Crippen LogP contribution is 2.36. The molecule has 0 aromatic heterocycles. The van der Waals surface area contributed by atoms with Gasteiger partial charge in [0.25, 0.3) is 0 Å². The Hall–Kier alpha value is -3.11. The van der Waals surface area contributed by atoms with Crippen molar-refractivity contribution in [1.82, 2.24) is 9.80 Å². The van der Waals surface area contributed by atoms with E-state index in [4.69, 9.17) is 0 Å². The first-order valence-corrected chi connectivity index (χ1v) is 10.8. The number of fused-ring (bicyclic) bond motifs is 2. The lowest BCUT2D eigenvalue weighted by Crippen LogP contribution is -2.51. The predicted molar refractivity (Wildman–Crippen MR) is 121 cm³/mol. The van der Waals surface area contributed by atoms with Crippen molar-refractivity contribution in [3.8, 4) is 0 Å². The van der Waals surface area contributed by atoms with Crippen LogP contribution in [-0.4, -0.2) is 42.0 Å². The summed E-state index contributed by atoms with van der Waals surface area (Å²) in [7, 11) is 0. The quantitative estimate of drug-likeness (QED) is 0.617. The second-order valence-electron chi connectivity index (χ2n) is 8.12. The van der Waals surface area contributed by atoms with Crippen molar-refractivity contribution in [2.45, 2.75) is 19.4 Å². The average Bonchev–Trinajstić information content (AvgIpc) is 2.97. The van der Waals surface area contributed by atoms with E-state index in [0.717, 1.165) is 56.9 Å². The molecule has 0 radical (unpaired) electrons. The average molecular weight is 398 g/mol. The molecule has 0 N–H and O–H groups in total. The summed E-state index contributed by atoms with van der Waals surface area (Å²) in [4.78, 5) is 20.1. The molecule has 3 aromatic carbocycles. The van der Waals surface area contributed by atoms with E-state index in [-0.39, 0.29) is 6.03 Å². The fraction of sp³-hybridized carbons (Fsp3) is 0.269. The number of benzene rings is 3. The first-order valence-electron chi connectivity index (χ1n) is 10.8. The topological polar surface area (TPSA) is 26.8 Å². The van der Waals surface area contributed by atoms with Crippen LogP contribution >= 0.6 is 0 Å². The Morgan fingerprint density at radius 2 is 1.20 bits per heavy atom. The number of urea groups is 1. The van der Waals surface area contributed by atoms with E-state index >= 15 is 0 Å². The molecule has 4 heteroatoms. The number of carbonyl (C=O) groups is 1. The van der Waals surface area contributed by atoms with Crippen LogP contribution in [0.1, 0.15) is 16.7 Å². The lowest BCUT2D eigenvalue weighted by molar-refractivity contribution is 0.140. The van der Waals surface area contributed by atoms with Gasteiger partial charge in [0.1, 0.15) is 0 Å². The molecular weight excluding hydrogens is 370 g/mol. The Morgan fingerprint density at radius 3 is 1.80 bits per heavy atom. The number of para-hydroxylation sites is 2. The molecule has 152 valence electrons. The molecule has 5 rings (SSSR count). The van der Waals surface area contributed by atoms with Crippen LogP contribution in [0, 0.1) is 0 Å². The number of hydrogen-bond acceptors (Lipinski definition) is 2. The number of piperazine rings is 1. The Bertz CT molecular complexity index is 978. The molecule has 0 aliphatic carbocycles. The van der Waals surface area contributed by atoms with Crippen LogP contribution in [0.4, 0.5) is 16.2 Å². The highest BCUT2D eigenvalue weighted by molar-refractivity contribution is 6.01. The summed E-state index contributed by atoms with van der Waals surface area (Å²) < 4.78 is 0. The molecule has 0 unspecified atom stereocenters. The van der Waals surface area contributed by atoms with E-state index in [0.29, 0.717) is 0 Å². The van der Waals surface area contributed by atoms with Crippen molar-refractivity contribution in [2.24, 2.45) is 0 Å². The third kappa shape index (κ3) is 3.71. The van der Waals surface area contributed by atoms with Crippen molar-refractivity contribution in [1.29, 1.82) is 0 Å². The van der Waals surface area contributed by atoms with Crippen LogP contribution in [0.25, 0.3) is 0 Å². The van der Waals surface area contributed by atoms with Gasteiger partial charge in [-0.3, -0.25) is 9.80 Å². The monoisotopic (exact) mass is 397 g/mol. The van der Waals surface area contributed by atoms with Gasteiger partial charge in [-0.2, -0.15) is 0 Å². The summed E-state index contributed by atoms with van der Waals surface area (Å²) in [5.74, 6) is 0. The Morgan fingerprint density at radius 1 is 0.667 bits per heavy atom. The number of nitrogens with zero attached hydrogens (tertiary/aromatic N) is 3. The molecule has 2 amide bonds. The standard InChI is InChI=1S/C26H27N3O/c30-26(28-18-16-27(17-19-28)20-21-8-2-1-3-9-21)29-24-12-6-4-10-22(24)14-15-23-11-5-7-13-25(23)29/h1-13H,14-20H2. The number of aryl methyl sites for hydroxylation is 2. The van der Waals surface area contributed by atoms with E-state index in [2.05, 4.69) is 71.6 Å². The first kappa shape index (κ1) is 18.9. The first-order chi connectivity index (χ1) is 14.8. The van der Waals surface area contributed by atoms with Gasteiger partial charge in [0.15, 0.2) is 0 Å². The zero-order valence-electron chi connectivity index (χ0n) is 17.2. The highest BCUT2D eigenvalue weighted by Gasteiger charge is 2.30. The number of carbonyl (C=O) groups excluding carboxylic acids is 1. The number of anilines is 2. The minimum absolute atomic E-state index is 0.0937. The van der Waals surface area contributed by atoms with Crippen molar-refractivity contribution in [2.75, 3.05) is 31.1 Å². The van der Waals surface area contributed by atoms with Crippen LogP contribution < -0.4 is 4.90 Å². The van der Waals surface area contributed by atoms with E-state index in [9.17, 15) is 4.79 Å². The minimum atomic E-state index is 0.0937. The van der Waals surface area contributed by atoms with Crippen LogP contribution in [0.15, 0.2) is 78.9 Å². The molecule has 2 heterocycles. The third-order valence-electron chi connectivity index (χ3n) is 6.21. The Labute approximate surface area is 178 Å². The molecule has 30 heavy (non-hydrogen) atoms. The number of hydrogen-bond donors (Lipinski definition) is 0. The molecule has 1 fully saturated rings. The van der Waals surface area contributed by atoms with E-state index in [1.54, 1.807) is 0 Å². The van der Waals surface area contributed by atoms with Crippen LogP contribution in [0.3, 0.4) is 0 Å². The van der Waals surface area contributed by atoms with E-state index in [1.165, 1.54) is 16.7 Å². The van der Waals surface area contributed by atoms with Gasteiger partial charge in [-0.05, 0) is 41.7 Å². The van der Waals surface area contributed by atoms with Crippen molar-refractivity contribution in [3.05, 3.63) is 95.6 Å². The maximum absolute atomic E-state index is 13.7. The Balaban J connectivity index is 1.36. The molecule has 2 aliphatic heterocycles. The molecule has 4 nitrogen and oxygen atoms in total. The fourth-order valence-electron chi connectivity index (χ4n) is 4.57. The molecule has 0 saturated carbocycles. The SMILES string of the molecule is O=C(N1CCN(Cc2ccccc2)CC1)N1c2ccccc2CCc2ccccc21. The van der Waals surface area contributed by atoms with Gasteiger partial charge in [0, 0.05) is 32.7 Å². The van der Waals surface area contributed by atoms with Crippen molar-refractivity contribution in [3.63, 3.8) is 0 Å². The second-order valence-corrected chi connectivity index (χ2v) is 8.12. The van der Waals surface area contributed by atoms with E-state index < -0.39 is 0 Å². The summed E-state index contributed by atoms with van der Waals surface area (Å²) in [6.45, 7) is 4.26. The van der Waals surface area contributed by atoms with Gasteiger partial charge in [0.2, 0.25) is 0 Å². The van der Waals surface area contributed by atoms with E-state index in [1.807, 2.05) is 21.9 Å². The summed E-state index contributed by atoms with van der Waals surface area (Å²) >= 11 is 0. The number of amides is 2. The van der Waals surface area contributed by atoms with Crippen molar-refractivity contribution < 1.29 is 4.79 Å². The summed E-state index contributed by atoms with van der Waals surface area (Å²) in [6.07, 6.45) is 1.92. The van der Waals surface area contributed by atoms with Gasteiger partial charge in [-0.15, -0.1) is 0 Å². The van der Waals surface area contributed by atoms with Gasteiger partial charge >= 0.3 is 6.03 Å². The largest absolute Gasteiger partial charge is 0.329 e. The fourth-order valence-corrected chi connectivity index (χ4v) is 4.57. The normalized spacial score (nSPS) is 16.5. The number of rotatable bonds is 2. The lowest BCUT2D eigenvalue weighted by Gasteiger charge is -2.38. The summed E-state index contributed by atoms with van der Waals surface area (Å²) in [5.41, 5.74) is 5.86. The third-order valence-corrected chi connectivity index (χ3v) is 6.21.